The summed E-state index contributed by atoms with van der Waals surface area (Å²) in [5.41, 5.74) is 8.88. The predicted molar refractivity (Wildman–Crippen MR) is 90.6 cm³/mol. The molecule has 24 heavy (non-hydrogen) atoms. The van der Waals surface area contributed by atoms with Crippen LogP contribution in [0, 0.1) is 0 Å². The second-order valence-corrected chi connectivity index (χ2v) is 7.02. The highest BCUT2D eigenvalue weighted by Crippen LogP contribution is 2.39. The molecule has 2 atom stereocenters. The number of benzene rings is 1. The predicted octanol–water partition coefficient (Wildman–Crippen LogP) is 4.32. The zero-order valence-electron chi connectivity index (χ0n) is 13.0. The van der Waals surface area contributed by atoms with Gasteiger partial charge in [-0.15, -0.1) is 0 Å². The average molecular weight is 400 g/mol. The van der Waals surface area contributed by atoms with Crippen molar-refractivity contribution in [3.05, 3.63) is 57.8 Å². The van der Waals surface area contributed by atoms with Crippen LogP contribution in [0.5, 0.6) is 0 Å². The number of nitrogens with two attached hydrogens (primary N) is 1. The molecule has 0 saturated heterocycles. The highest BCUT2D eigenvalue weighted by atomic mass is 79.9. The van der Waals surface area contributed by atoms with Crippen LogP contribution < -0.4 is 5.73 Å². The van der Waals surface area contributed by atoms with E-state index in [-0.39, 0.29) is 6.04 Å². The summed E-state index contributed by atoms with van der Waals surface area (Å²) in [6, 6.07) is 8.14. The van der Waals surface area contributed by atoms with Crippen LogP contribution in [0.15, 0.2) is 41.0 Å². The number of fused-ring (bicyclic) bond motifs is 1. The third-order valence-electron chi connectivity index (χ3n) is 4.27. The van der Waals surface area contributed by atoms with Gasteiger partial charge in [-0.05, 0) is 64.7 Å². The number of hydrogen-bond acceptors (Lipinski definition) is 3. The molecule has 3 rings (SSSR count). The number of rotatable bonds is 2. The number of anilines is 1. The summed E-state index contributed by atoms with van der Waals surface area (Å²) < 4.78 is 40.1. The molecule has 0 saturated carbocycles. The number of nitrogens with zero attached hydrogens (tertiary/aromatic N) is 2. The summed E-state index contributed by atoms with van der Waals surface area (Å²) in [5, 5.41) is 0. The smallest absolute Gasteiger partial charge is 0.399 e. The molecule has 2 aromatic rings. The Morgan fingerprint density at radius 1 is 1.29 bits per heavy atom. The van der Waals surface area contributed by atoms with Gasteiger partial charge in [0.05, 0.1) is 18.3 Å². The molecule has 7 heteroatoms. The second-order valence-electron chi connectivity index (χ2n) is 6.10. The van der Waals surface area contributed by atoms with E-state index in [9.17, 15) is 13.2 Å². The molecule has 3 nitrogen and oxygen atoms in total. The van der Waals surface area contributed by atoms with Crippen molar-refractivity contribution >= 4 is 21.6 Å². The molecular formula is C17H17BrF3N3. The normalized spacial score (nSPS) is 21.5. The zero-order chi connectivity index (χ0) is 17.5. The van der Waals surface area contributed by atoms with E-state index in [0.717, 1.165) is 15.6 Å². The van der Waals surface area contributed by atoms with Crippen LogP contribution in [-0.2, 0) is 6.42 Å². The summed E-state index contributed by atoms with van der Waals surface area (Å²) in [7, 11) is 0. The summed E-state index contributed by atoms with van der Waals surface area (Å²) >= 11 is 3.31. The molecule has 0 spiro atoms. The minimum absolute atomic E-state index is 0.267. The minimum Gasteiger partial charge on any atom is -0.399 e. The molecular weight excluding hydrogens is 383 g/mol. The first-order valence-corrected chi connectivity index (χ1v) is 8.36. The highest BCUT2D eigenvalue weighted by molar-refractivity contribution is 9.10. The van der Waals surface area contributed by atoms with Gasteiger partial charge in [-0.1, -0.05) is 6.07 Å². The summed E-state index contributed by atoms with van der Waals surface area (Å²) in [6.07, 6.45) is -2.13. The summed E-state index contributed by atoms with van der Waals surface area (Å²) in [5.74, 6) is 0. The number of aromatic nitrogens is 1. The van der Waals surface area contributed by atoms with Crippen LogP contribution in [0.3, 0.4) is 0 Å². The van der Waals surface area contributed by atoms with Crippen LogP contribution in [0.25, 0.3) is 0 Å². The SMILES string of the molecule is C[C@@H]1Cc2cc(N)ccc2[C@@H](c2ccc(Br)cn2)N1CC(F)(F)F. The lowest BCUT2D eigenvalue weighted by molar-refractivity contribution is -0.155. The number of nitrogen functional groups attached to an aromatic ring is 1. The number of halogens is 4. The van der Waals surface area contributed by atoms with Gasteiger partial charge in [0.1, 0.15) is 0 Å². The molecule has 128 valence electrons. The first kappa shape index (κ1) is 17.2. The van der Waals surface area contributed by atoms with Crippen molar-refractivity contribution in [3.8, 4) is 0 Å². The van der Waals surface area contributed by atoms with Crippen molar-refractivity contribution < 1.29 is 13.2 Å². The maximum Gasteiger partial charge on any atom is 0.401 e. The second kappa shape index (κ2) is 6.37. The highest BCUT2D eigenvalue weighted by Gasteiger charge is 2.41. The Morgan fingerprint density at radius 3 is 2.67 bits per heavy atom. The van der Waals surface area contributed by atoms with Crippen LogP contribution in [-0.4, -0.2) is 28.6 Å². The lowest BCUT2D eigenvalue weighted by atomic mass is 9.86. The van der Waals surface area contributed by atoms with Gasteiger partial charge >= 0.3 is 6.18 Å². The number of alkyl halides is 3. The summed E-state index contributed by atoms with van der Waals surface area (Å²) in [6.45, 7) is 0.837. The van der Waals surface area contributed by atoms with Crippen LogP contribution in [0.2, 0.25) is 0 Å². The van der Waals surface area contributed by atoms with E-state index >= 15 is 0 Å². The average Bonchev–Trinajstić information content (AvgIpc) is 2.48. The standard InChI is InChI=1S/C17H17BrF3N3/c1-10-6-11-7-13(22)3-4-14(11)16(24(10)9-17(19,20)21)15-5-2-12(18)8-23-15/h2-5,7-8,10,16H,6,9,22H2,1H3/t10-,16+/m1/s1. The van der Waals surface area contributed by atoms with E-state index in [1.165, 1.54) is 4.90 Å². The summed E-state index contributed by atoms with van der Waals surface area (Å²) in [4.78, 5) is 5.82. The Hall–Kier alpha value is -1.60. The van der Waals surface area contributed by atoms with Gasteiger partial charge in [0.25, 0.3) is 0 Å². The molecule has 2 N–H and O–H groups in total. The Kier molecular flexibility index (Phi) is 4.57. The third-order valence-corrected chi connectivity index (χ3v) is 4.74. The van der Waals surface area contributed by atoms with E-state index in [1.54, 1.807) is 24.4 Å². The van der Waals surface area contributed by atoms with Crippen LogP contribution in [0.4, 0.5) is 18.9 Å². The molecule has 0 amide bonds. The van der Waals surface area contributed by atoms with Gasteiger partial charge in [0.2, 0.25) is 0 Å². The molecule has 1 aliphatic heterocycles. The van der Waals surface area contributed by atoms with Crippen molar-refractivity contribution in [2.75, 3.05) is 12.3 Å². The molecule has 1 aromatic heterocycles. The van der Waals surface area contributed by atoms with E-state index in [4.69, 9.17) is 5.73 Å². The quantitative estimate of drug-likeness (QED) is 0.764. The fourth-order valence-electron chi connectivity index (χ4n) is 3.27. The molecule has 1 aromatic carbocycles. The van der Waals surface area contributed by atoms with Crippen molar-refractivity contribution in [1.29, 1.82) is 0 Å². The number of pyridine rings is 1. The van der Waals surface area contributed by atoms with Gasteiger partial charge in [-0.2, -0.15) is 13.2 Å². The Bertz CT molecular complexity index is 731. The van der Waals surface area contributed by atoms with Crippen LogP contribution >= 0.6 is 15.9 Å². The molecule has 0 aliphatic carbocycles. The van der Waals surface area contributed by atoms with Crippen LogP contribution in [0.1, 0.15) is 29.8 Å². The third kappa shape index (κ3) is 3.57. The maximum atomic E-state index is 13.1. The molecule has 1 aliphatic rings. The van der Waals surface area contributed by atoms with Crippen molar-refractivity contribution in [2.45, 2.75) is 31.6 Å². The van der Waals surface area contributed by atoms with Crippen molar-refractivity contribution in [3.63, 3.8) is 0 Å². The molecule has 0 unspecified atom stereocenters. The molecule has 0 radical (unpaired) electrons. The topological polar surface area (TPSA) is 42.1 Å². The van der Waals surface area contributed by atoms with Gasteiger partial charge in [-0.25, -0.2) is 0 Å². The first-order valence-electron chi connectivity index (χ1n) is 7.57. The first-order chi connectivity index (χ1) is 11.2. The van der Waals surface area contributed by atoms with E-state index in [1.807, 2.05) is 19.1 Å². The zero-order valence-corrected chi connectivity index (χ0v) is 14.6. The monoisotopic (exact) mass is 399 g/mol. The molecule has 0 bridgehead atoms. The van der Waals surface area contributed by atoms with E-state index in [2.05, 4.69) is 20.9 Å². The number of hydrogen-bond donors (Lipinski definition) is 1. The lowest BCUT2D eigenvalue weighted by Crippen LogP contribution is -2.47. The Labute approximate surface area is 146 Å². The van der Waals surface area contributed by atoms with Crippen molar-refractivity contribution in [1.82, 2.24) is 9.88 Å². The van der Waals surface area contributed by atoms with Gasteiger partial charge in [-0.3, -0.25) is 9.88 Å². The Balaban J connectivity index is 2.11. The molecule has 0 fully saturated rings. The molecule has 2 heterocycles. The largest absolute Gasteiger partial charge is 0.401 e. The fourth-order valence-corrected chi connectivity index (χ4v) is 3.50. The van der Waals surface area contributed by atoms with Crippen molar-refractivity contribution in [2.24, 2.45) is 0 Å². The lowest BCUT2D eigenvalue weighted by Gasteiger charge is -2.42. The van der Waals surface area contributed by atoms with Gasteiger partial charge < -0.3 is 5.73 Å². The van der Waals surface area contributed by atoms with E-state index in [0.29, 0.717) is 17.8 Å². The minimum atomic E-state index is -4.27. The fraction of sp³-hybridized carbons (Fsp3) is 0.353. The Morgan fingerprint density at radius 2 is 2.04 bits per heavy atom. The van der Waals surface area contributed by atoms with Gasteiger partial charge in [0.15, 0.2) is 0 Å². The van der Waals surface area contributed by atoms with Gasteiger partial charge in [0, 0.05) is 22.4 Å². The maximum absolute atomic E-state index is 13.1. The van der Waals surface area contributed by atoms with E-state index < -0.39 is 18.8 Å².